The van der Waals surface area contributed by atoms with E-state index in [2.05, 4.69) is 19.1 Å². The molecule has 0 aromatic carbocycles. The minimum Gasteiger partial charge on any atom is -0.466 e. The maximum absolute atomic E-state index is 11.9. The number of fused-ring (bicyclic) bond motifs is 1. The van der Waals surface area contributed by atoms with Crippen LogP contribution < -0.4 is 0 Å². The Morgan fingerprint density at radius 2 is 2.27 bits per heavy atom. The second-order valence-electron chi connectivity index (χ2n) is 4.39. The number of rotatable bonds is 2. The van der Waals surface area contributed by atoms with Gasteiger partial charge in [-0.3, -0.25) is 4.79 Å². The zero-order valence-electron chi connectivity index (χ0n) is 9.31. The van der Waals surface area contributed by atoms with Crippen molar-refractivity contribution >= 4 is 17.7 Å². The van der Waals surface area contributed by atoms with Crippen LogP contribution in [0.3, 0.4) is 0 Å². The van der Waals surface area contributed by atoms with Crippen molar-refractivity contribution in [3.63, 3.8) is 0 Å². The van der Waals surface area contributed by atoms with Gasteiger partial charge < -0.3 is 4.74 Å². The Balaban J connectivity index is 2.14. The first-order valence-corrected chi connectivity index (χ1v) is 6.82. The highest BCUT2D eigenvalue weighted by molar-refractivity contribution is 7.99. The third-order valence-corrected chi connectivity index (χ3v) is 4.66. The molecule has 1 aliphatic carbocycles. The molecule has 0 N–H and O–H groups in total. The maximum Gasteiger partial charge on any atom is 0.309 e. The quantitative estimate of drug-likeness (QED) is 0.534. The largest absolute Gasteiger partial charge is 0.466 e. The molecular weight excluding hydrogens is 208 g/mol. The molecule has 84 valence electrons. The van der Waals surface area contributed by atoms with Gasteiger partial charge in [0.25, 0.3) is 0 Å². The normalized spacial score (nSPS) is 38.8. The van der Waals surface area contributed by atoms with Gasteiger partial charge in [-0.2, -0.15) is 11.8 Å². The van der Waals surface area contributed by atoms with Gasteiger partial charge in [-0.15, -0.1) is 0 Å². The molecule has 2 rings (SSSR count). The zero-order chi connectivity index (χ0) is 10.8. The van der Waals surface area contributed by atoms with E-state index in [1.165, 1.54) is 5.75 Å². The monoisotopic (exact) mass is 226 g/mol. The van der Waals surface area contributed by atoms with Gasteiger partial charge in [-0.1, -0.05) is 19.1 Å². The second kappa shape index (κ2) is 4.60. The molecule has 1 aliphatic heterocycles. The van der Waals surface area contributed by atoms with Crippen molar-refractivity contribution in [1.29, 1.82) is 0 Å². The molecule has 2 aliphatic rings. The molecule has 2 nitrogen and oxygen atoms in total. The fourth-order valence-corrected chi connectivity index (χ4v) is 4.10. The summed E-state index contributed by atoms with van der Waals surface area (Å²) in [4.78, 5) is 11.9. The van der Waals surface area contributed by atoms with Crippen molar-refractivity contribution in [2.24, 2.45) is 23.7 Å². The molecule has 0 amide bonds. The predicted molar refractivity (Wildman–Crippen MR) is 62.7 cm³/mol. The number of thioether (sulfide) groups is 1. The van der Waals surface area contributed by atoms with Crippen LogP contribution in [0, 0.1) is 23.7 Å². The second-order valence-corrected chi connectivity index (χ2v) is 5.46. The first-order chi connectivity index (χ1) is 7.24. The third-order valence-electron chi connectivity index (χ3n) is 3.42. The van der Waals surface area contributed by atoms with Crippen molar-refractivity contribution in [3.8, 4) is 0 Å². The van der Waals surface area contributed by atoms with E-state index >= 15 is 0 Å². The summed E-state index contributed by atoms with van der Waals surface area (Å²) in [5.74, 6) is 3.83. The molecule has 4 atom stereocenters. The molecule has 0 aromatic heterocycles. The number of carbonyl (C=O) groups is 1. The van der Waals surface area contributed by atoms with Crippen LogP contribution in [-0.4, -0.2) is 24.1 Å². The minimum absolute atomic E-state index is 0.00634. The van der Waals surface area contributed by atoms with E-state index in [1.54, 1.807) is 0 Å². The molecule has 1 heterocycles. The Hall–Kier alpha value is -0.440. The third kappa shape index (κ3) is 2.07. The molecule has 1 saturated heterocycles. The molecule has 0 radical (unpaired) electrons. The lowest BCUT2D eigenvalue weighted by Crippen LogP contribution is -2.36. The predicted octanol–water partition coefficient (Wildman–Crippen LogP) is 2.35. The molecule has 0 saturated carbocycles. The number of hydrogen-bond acceptors (Lipinski definition) is 3. The van der Waals surface area contributed by atoms with Crippen molar-refractivity contribution in [1.82, 2.24) is 0 Å². The SMILES string of the molecule is CCOC(=O)[C@@H]1[C@H]2CSC[C@@H]2C=C[C@@H]1C. The van der Waals surface area contributed by atoms with E-state index in [0.29, 0.717) is 24.4 Å². The number of allylic oxidation sites excluding steroid dienone is 2. The molecule has 0 unspecified atom stereocenters. The highest BCUT2D eigenvalue weighted by atomic mass is 32.2. The van der Waals surface area contributed by atoms with E-state index in [4.69, 9.17) is 4.74 Å². The highest BCUT2D eigenvalue weighted by Gasteiger charge is 2.42. The van der Waals surface area contributed by atoms with Crippen LogP contribution in [0.1, 0.15) is 13.8 Å². The van der Waals surface area contributed by atoms with Gasteiger partial charge >= 0.3 is 5.97 Å². The lowest BCUT2D eigenvalue weighted by molar-refractivity contribution is -0.151. The molecule has 0 aromatic rings. The van der Waals surface area contributed by atoms with Crippen molar-refractivity contribution in [2.45, 2.75) is 13.8 Å². The summed E-state index contributed by atoms with van der Waals surface area (Å²) >= 11 is 1.96. The van der Waals surface area contributed by atoms with Crippen LogP contribution in [0.25, 0.3) is 0 Å². The fourth-order valence-electron chi connectivity index (χ4n) is 2.61. The summed E-state index contributed by atoms with van der Waals surface area (Å²) in [5.41, 5.74) is 0. The Morgan fingerprint density at radius 3 is 3.00 bits per heavy atom. The molecule has 0 spiro atoms. The minimum atomic E-state index is 0.00634. The van der Waals surface area contributed by atoms with Gasteiger partial charge in [0.05, 0.1) is 12.5 Å². The Kier molecular flexibility index (Phi) is 3.39. The highest BCUT2D eigenvalue weighted by Crippen LogP contribution is 2.43. The summed E-state index contributed by atoms with van der Waals surface area (Å²) in [7, 11) is 0. The Bertz CT molecular complexity index is 275. The van der Waals surface area contributed by atoms with Gasteiger partial charge in [-0.05, 0) is 36.2 Å². The Labute approximate surface area is 95.5 Å². The van der Waals surface area contributed by atoms with E-state index in [0.717, 1.165) is 5.75 Å². The van der Waals surface area contributed by atoms with Gasteiger partial charge in [0.15, 0.2) is 0 Å². The van der Waals surface area contributed by atoms with Crippen LogP contribution in [0.4, 0.5) is 0 Å². The summed E-state index contributed by atoms with van der Waals surface area (Å²) in [5, 5.41) is 0. The average Bonchev–Trinajstić information content (AvgIpc) is 2.65. The van der Waals surface area contributed by atoms with Crippen LogP contribution in [0.15, 0.2) is 12.2 Å². The summed E-state index contributed by atoms with van der Waals surface area (Å²) in [6.07, 6.45) is 4.49. The Morgan fingerprint density at radius 1 is 1.47 bits per heavy atom. The van der Waals surface area contributed by atoms with Crippen LogP contribution in [-0.2, 0) is 9.53 Å². The van der Waals surface area contributed by atoms with Crippen LogP contribution in [0.5, 0.6) is 0 Å². The van der Waals surface area contributed by atoms with E-state index in [9.17, 15) is 4.79 Å². The molecule has 1 fully saturated rings. The standard InChI is InChI=1S/C12H18O2S/c1-3-14-12(13)11-8(2)4-5-9-6-15-7-10(9)11/h4-5,8-11H,3,6-7H2,1-2H3/t8-,9-,10-,11-/m0/s1. The number of hydrogen-bond donors (Lipinski definition) is 0. The summed E-state index contributed by atoms with van der Waals surface area (Å²) < 4.78 is 5.18. The summed E-state index contributed by atoms with van der Waals surface area (Å²) in [6.45, 7) is 4.50. The first-order valence-electron chi connectivity index (χ1n) is 5.66. The number of esters is 1. The van der Waals surface area contributed by atoms with Crippen LogP contribution >= 0.6 is 11.8 Å². The topological polar surface area (TPSA) is 26.3 Å². The van der Waals surface area contributed by atoms with Gasteiger partial charge in [0.1, 0.15) is 0 Å². The lowest BCUT2D eigenvalue weighted by atomic mass is 9.73. The smallest absolute Gasteiger partial charge is 0.309 e. The molecular formula is C12H18O2S. The van der Waals surface area contributed by atoms with E-state index in [1.807, 2.05) is 18.7 Å². The summed E-state index contributed by atoms with van der Waals surface area (Å²) in [6, 6.07) is 0. The molecule has 3 heteroatoms. The van der Waals surface area contributed by atoms with E-state index < -0.39 is 0 Å². The lowest BCUT2D eigenvalue weighted by Gasteiger charge is -2.32. The zero-order valence-corrected chi connectivity index (χ0v) is 10.1. The average molecular weight is 226 g/mol. The number of carbonyl (C=O) groups excluding carboxylic acids is 1. The number of ether oxygens (including phenoxy) is 1. The van der Waals surface area contributed by atoms with Gasteiger partial charge in [-0.25, -0.2) is 0 Å². The van der Waals surface area contributed by atoms with Gasteiger partial charge in [0, 0.05) is 0 Å². The van der Waals surface area contributed by atoms with Crippen molar-refractivity contribution in [2.75, 3.05) is 18.1 Å². The van der Waals surface area contributed by atoms with Crippen molar-refractivity contribution < 1.29 is 9.53 Å². The fraction of sp³-hybridized carbons (Fsp3) is 0.750. The van der Waals surface area contributed by atoms with Crippen molar-refractivity contribution in [3.05, 3.63) is 12.2 Å². The molecule has 0 bridgehead atoms. The molecule has 15 heavy (non-hydrogen) atoms. The first kappa shape index (κ1) is 11.1. The van der Waals surface area contributed by atoms with Crippen LogP contribution in [0.2, 0.25) is 0 Å². The maximum atomic E-state index is 11.9. The van der Waals surface area contributed by atoms with E-state index in [-0.39, 0.29) is 11.9 Å². The van der Waals surface area contributed by atoms with Gasteiger partial charge in [0.2, 0.25) is 0 Å².